The SMILES string of the molecule is COCCCC(CCC(=O)c1cccc2cc3cccc(C(=O)CCC(CCCOC)(COC)OC)c3cc12)(COC)OC. The van der Waals surface area contributed by atoms with Gasteiger partial charge in [0.05, 0.1) is 24.4 Å². The van der Waals surface area contributed by atoms with Crippen molar-refractivity contribution in [3.8, 4) is 0 Å². The molecule has 0 radical (unpaired) electrons. The van der Waals surface area contributed by atoms with Gasteiger partial charge in [-0.15, -0.1) is 0 Å². The average molecular weight is 611 g/mol. The lowest BCUT2D eigenvalue weighted by Gasteiger charge is -2.32. The lowest BCUT2D eigenvalue weighted by atomic mass is 9.88. The minimum absolute atomic E-state index is 0.0310. The zero-order chi connectivity index (χ0) is 32.0. The van der Waals surface area contributed by atoms with E-state index in [-0.39, 0.29) is 11.6 Å². The summed E-state index contributed by atoms with van der Waals surface area (Å²) in [5, 5.41) is 3.59. The fourth-order valence-corrected chi connectivity index (χ4v) is 6.16. The first kappa shape index (κ1) is 35.8. The Balaban J connectivity index is 1.90. The van der Waals surface area contributed by atoms with Gasteiger partial charge in [-0.05, 0) is 72.2 Å². The van der Waals surface area contributed by atoms with Gasteiger partial charge >= 0.3 is 0 Å². The lowest BCUT2D eigenvalue weighted by molar-refractivity contribution is -0.0778. The number of benzene rings is 3. The molecule has 3 rings (SSSR count). The molecule has 8 nitrogen and oxygen atoms in total. The first-order valence-electron chi connectivity index (χ1n) is 15.4. The molecule has 0 heterocycles. The molecular weight excluding hydrogens is 560 g/mol. The summed E-state index contributed by atoms with van der Waals surface area (Å²) in [6, 6.07) is 15.6. The van der Waals surface area contributed by atoms with Crippen molar-refractivity contribution in [3.05, 3.63) is 59.7 Å². The molecule has 0 saturated heterocycles. The van der Waals surface area contributed by atoms with Crippen molar-refractivity contribution in [2.45, 2.75) is 62.6 Å². The third-order valence-corrected chi connectivity index (χ3v) is 8.74. The van der Waals surface area contributed by atoms with Crippen LogP contribution >= 0.6 is 0 Å². The molecule has 44 heavy (non-hydrogen) atoms. The Kier molecular flexibility index (Phi) is 14.4. The maximum atomic E-state index is 13.7. The van der Waals surface area contributed by atoms with Crippen molar-refractivity contribution < 1.29 is 38.0 Å². The van der Waals surface area contributed by atoms with E-state index < -0.39 is 11.2 Å². The van der Waals surface area contributed by atoms with Gasteiger partial charge in [0, 0.05) is 79.8 Å². The van der Waals surface area contributed by atoms with Gasteiger partial charge in [-0.25, -0.2) is 0 Å². The van der Waals surface area contributed by atoms with Crippen LogP contribution in [0.15, 0.2) is 48.5 Å². The molecule has 0 aromatic heterocycles. The number of rotatable bonds is 22. The number of hydrogen-bond donors (Lipinski definition) is 0. The smallest absolute Gasteiger partial charge is 0.163 e. The van der Waals surface area contributed by atoms with Crippen molar-refractivity contribution in [2.75, 3.05) is 69.1 Å². The molecule has 0 aliphatic carbocycles. The number of ether oxygens (including phenoxy) is 6. The summed E-state index contributed by atoms with van der Waals surface area (Å²) in [5.74, 6) is 0.0621. The van der Waals surface area contributed by atoms with Crippen LogP contribution in [-0.2, 0) is 28.4 Å². The van der Waals surface area contributed by atoms with Crippen LogP contribution in [0.3, 0.4) is 0 Å². The first-order valence-corrected chi connectivity index (χ1v) is 15.4. The van der Waals surface area contributed by atoms with Crippen LogP contribution in [0.5, 0.6) is 0 Å². The Hall–Kier alpha value is -2.72. The van der Waals surface area contributed by atoms with Crippen molar-refractivity contribution in [3.63, 3.8) is 0 Å². The zero-order valence-corrected chi connectivity index (χ0v) is 27.4. The van der Waals surface area contributed by atoms with Crippen LogP contribution in [0.25, 0.3) is 21.5 Å². The van der Waals surface area contributed by atoms with Crippen LogP contribution in [0.4, 0.5) is 0 Å². The van der Waals surface area contributed by atoms with Crippen molar-refractivity contribution >= 4 is 33.1 Å². The van der Waals surface area contributed by atoms with Gasteiger partial charge in [0.1, 0.15) is 0 Å². The molecule has 2 atom stereocenters. The summed E-state index contributed by atoms with van der Waals surface area (Å²) in [6.45, 7) is 2.03. The minimum atomic E-state index is -0.566. The second-order valence-corrected chi connectivity index (χ2v) is 11.6. The number of carbonyl (C=O) groups excluding carboxylic acids is 2. The van der Waals surface area contributed by atoms with E-state index in [4.69, 9.17) is 28.4 Å². The molecular formula is C36H50O8. The molecule has 0 fully saturated rings. The van der Waals surface area contributed by atoms with E-state index in [9.17, 15) is 9.59 Å². The summed E-state index contributed by atoms with van der Waals surface area (Å²) >= 11 is 0. The van der Waals surface area contributed by atoms with Crippen LogP contribution in [0.2, 0.25) is 0 Å². The van der Waals surface area contributed by atoms with E-state index in [2.05, 4.69) is 6.07 Å². The van der Waals surface area contributed by atoms with Gasteiger partial charge in [-0.2, -0.15) is 0 Å². The summed E-state index contributed by atoms with van der Waals surface area (Å²) in [7, 11) is 9.99. The highest BCUT2D eigenvalue weighted by Crippen LogP contribution is 2.32. The highest BCUT2D eigenvalue weighted by molar-refractivity contribution is 6.15. The third kappa shape index (κ3) is 9.16. The molecule has 0 N–H and O–H groups in total. The lowest BCUT2D eigenvalue weighted by Crippen LogP contribution is -2.37. The van der Waals surface area contributed by atoms with Gasteiger partial charge < -0.3 is 28.4 Å². The molecule has 8 heteroatoms. The van der Waals surface area contributed by atoms with Crippen molar-refractivity contribution in [1.82, 2.24) is 0 Å². The average Bonchev–Trinajstić information content (AvgIpc) is 3.04. The molecule has 0 saturated carbocycles. The summed E-state index contributed by atoms with van der Waals surface area (Å²) in [5.41, 5.74) is 0.151. The van der Waals surface area contributed by atoms with E-state index >= 15 is 0 Å². The maximum Gasteiger partial charge on any atom is 0.163 e. The highest BCUT2D eigenvalue weighted by atomic mass is 16.5. The molecule has 3 aromatic rings. The fraction of sp³-hybridized carbons (Fsp3) is 0.556. The van der Waals surface area contributed by atoms with Crippen LogP contribution in [0, 0.1) is 0 Å². The molecule has 242 valence electrons. The summed E-state index contributed by atoms with van der Waals surface area (Å²) < 4.78 is 33.2. The highest BCUT2D eigenvalue weighted by Gasteiger charge is 2.32. The standard InChI is InChI=1S/C36H50O8/c1-39-21-9-17-35(43-5,25-41-3)19-15-33(37)29-13-7-11-27-23-28-12-8-14-30(32(28)24-31(27)29)34(38)16-20-36(44-6,26-42-4)18-10-22-40-2/h7-8,11-14,23-24H,9-10,15-22,25-26H2,1-6H3. The third-order valence-electron chi connectivity index (χ3n) is 8.74. The number of Topliss-reactive ketones (excluding diaryl/α,β-unsaturated/α-hetero) is 2. The zero-order valence-electron chi connectivity index (χ0n) is 27.4. The van der Waals surface area contributed by atoms with Crippen molar-refractivity contribution in [1.29, 1.82) is 0 Å². The Morgan fingerprint density at radius 3 is 1.36 bits per heavy atom. The number of fused-ring (bicyclic) bond motifs is 2. The van der Waals surface area contributed by atoms with Gasteiger partial charge in [0.15, 0.2) is 11.6 Å². The predicted octanol–water partition coefficient (Wildman–Crippen LogP) is 6.84. The predicted molar refractivity (Wildman–Crippen MR) is 174 cm³/mol. The topological polar surface area (TPSA) is 89.5 Å². The summed E-state index contributed by atoms with van der Waals surface area (Å²) in [4.78, 5) is 27.4. The quantitative estimate of drug-likeness (QED) is 0.0695. The second-order valence-electron chi connectivity index (χ2n) is 11.6. The number of ketones is 2. The molecule has 0 amide bonds. The van der Waals surface area contributed by atoms with Crippen LogP contribution < -0.4 is 0 Å². The van der Waals surface area contributed by atoms with Crippen LogP contribution in [0.1, 0.15) is 72.1 Å². The maximum absolute atomic E-state index is 13.7. The second kappa shape index (κ2) is 17.7. The Bertz CT molecular complexity index is 1260. The number of methoxy groups -OCH3 is 6. The van der Waals surface area contributed by atoms with Crippen LogP contribution in [-0.4, -0.2) is 91.9 Å². The Labute approximate surface area is 262 Å². The molecule has 0 spiro atoms. The monoisotopic (exact) mass is 610 g/mol. The van der Waals surface area contributed by atoms with E-state index in [0.717, 1.165) is 47.2 Å². The van der Waals surface area contributed by atoms with Crippen molar-refractivity contribution in [2.24, 2.45) is 0 Å². The van der Waals surface area contributed by atoms with E-state index in [1.54, 1.807) is 42.7 Å². The van der Waals surface area contributed by atoms with Gasteiger partial charge in [-0.3, -0.25) is 9.59 Å². The molecule has 0 aliphatic rings. The normalized spacial score (nSPS) is 14.5. The van der Waals surface area contributed by atoms with Gasteiger partial charge in [0.25, 0.3) is 0 Å². The molecule has 0 bridgehead atoms. The molecule has 2 unspecified atom stereocenters. The molecule has 3 aromatic carbocycles. The summed E-state index contributed by atoms with van der Waals surface area (Å²) in [6.07, 6.45) is 4.75. The Morgan fingerprint density at radius 2 is 1.00 bits per heavy atom. The van der Waals surface area contributed by atoms with E-state index in [1.165, 1.54) is 0 Å². The van der Waals surface area contributed by atoms with E-state index in [0.29, 0.717) is 63.2 Å². The first-order chi connectivity index (χ1) is 21.3. The van der Waals surface area contributed by atoms with Gasteiger partial charge in [-0.1, -0.05) is 36.4 Å². The number of carbonyl (C=O) groups is 2. The van der Waals surface area contributed by atoms with Gasteiger partial charge in [0.2, 0.25) is 0 Å². The fourth-order valence-electron chi connectivity index (χ4n) is 6.16. The number of hydrogen-bond acceptors (Lipinski definition) is 8. The Morgan fingerprint density at radius 1 is 0.568 bits per heavy atom. The minimum Gasteiger partial charge on any atom is -0.385 e. The largest absolute Gasteiger partial charge is 0.385 e. The molecule has 0 aliphatic heterocycles. The van der Waals surface area contributed by atoms with E-state index in [1.807, 2.05) is 42.5 Å².